The maximum absolute atomic E-state index is 5.68. The van der Waals surface area contributed by atoms with Gasteiger partial charge in [0.15, 0.2) is 0 Å². The Morgan fingerprint density at radius 2 is 2.17 bits per heavy atom. The molecule has 0 aliphatic rings. The van der Waals surface area contributed by atoms with Crippen molar-refractivity contribution in [1.29, 1.82) is 0 Å². The van der Waals surface area contributed by atoms with Gasteiger partial charge < -0.3 is 5.73 Å². The third kappa shape index (κ3) is 1.08. The van der Waals surface area contributed by atoms with Gasteiger partial charge in [-0.3, -0.25) is 0 Å². The second kappa shape index (κ2) is 2.60. The Balaban J connectivity index is 2.88. The molecule has 0 bridgehead atoms. The number of halogens is 1. The summed E-state index contributed by atoms with van der Waals surface area (Å²) < 4.78 is 0. The monoisotopic (exact) mass is 179 g/mol. The molecule has 0 saturated carbocycles. The van der Waals surface area contributed by atoms with Gasteiger partial charge in [0.2, 0.25) is 5.28 Å². The summed E-state index contributed by atoms with van der Waals surface area (Å²) in [7, 11) is 0. The Labute approximate surface area is 74.2 Å². The van der Waals surface area contributed by atoms with Crippen molar-refractivity contribution in [2.24, 2.45) is 0 Å². The summed E-state index contributed by atoms with van der Waals surface area (Å²) in [6.45, 7) is 0. The normalized spacial score (nSPS) is 10.4. The van der Waals surface area contributed by atoms with Crippen molar-refractivity contribution in [2.75, 3.05) is 5.73 Å². The fraction of sp³-hybridized carbons (Fsp3) is 0. The first kappa shape index (κ1) is 7.31. The molecule has 4 heteroatoms. The lowest BCUT2D eigenvalue weighted by Crippen LogP contribution is -1.90. The van der Waals surface area contributed by atoms with Crippen LogP contribution in [-0.4, -0.2) is 9.97 Å². The summed E-state index contributed by atoms with van der Waals surface area (Å²) in [6.07, 6.45) is 1.65. The Morgan fingerprint density at radius 3 is 3.00 bits per heavy atom. The van der Waals surface area contributed by atoms with E-state index in [4.69, 9.17) is 17.3 Å². The molecule has 0 fully saturated rings. The smallest absolute Gasteiger partial charge is 0.222 e. The zero-order valence-corrected chi connectivity index (χ0v) is 6.92. The number of rotatable bonds is 0. The molecule has 2 N–H and O–H groups in total. The lowest BCUT2D eigenvalue weighted by atomic mass is 10.2. The number of nitrogens with two attached hydrogens (primary N) is 1. The molecule has 0 aliphatic heterocycles. The van der Waals surface area contributed by atoms with Gasteiger partial charge in [0.1, 0.15) is 0 Å². The van der Waals surface area contributed by atoms with Crippen LogP contribution < -0.4 is 5.73 Å². The first-order chi connectivity index (χ1) is 5.77. The van der Waals surface area contributed by atoms with E-state index >= 15 is 0 Å². The van der Waals surface area contributed by atoms with Crippen LogP contribution in [0.4, 0.5) is 5.69 Å². The topological polar surface area (TPSA) is 51.8 Å². The SMILES string of the molecule is Nc1cccc2cnc(Cl)nc12. The number of hydrogen-bond acceptors (Lipinski definition) is 3. The Kier molecular flexibility index (Phi) is 1.59. The molecule has 1 aromatic heterocycles. The number of hydrogen-bond donors (Lipinski definition) is 1. The predicted molar refractivity (Wildman–Crippen MR) is 49.0 cm³/mol. The molecule has 1 heterocycles. The second-order valence-electron chi connectivity index (χ2n) is 2.42. The lowest BCUT2D eigenvalue weighted by molar-refractivity contribution is 1.22. The molecule has 0 aliphatic carbocycles. The Morgan fingerprint density at radius 1 is 1.33 bits per heavy atom. The van der Waals surface area contributed by atoms with Crippen molar-refractivity contribution in [1.82, 2.24) is 9.97 Å². The van der Waals surface area contributed by atoms with E-state index in [1.165, 1.54) is 0 Å². The van der Waals surface area contributed by atoms with Gasteiger partial charge in [-0.15, -0.1) is 0 Å². The predicted octanol–water partition coefficient (Wildman–Crippen LogP) is 1.87. The van der Waals surface area contributed by atoms with Crippen molar-refractivity contribution in [3.63, 3.8) is 0 Å². The van der Waals surface area contributed by atoms with E-state index in [0.29, 0.717) is 11.2 Å². The number of para-hydroxylation sites is 1. The van der Waals surface area contributed by atoms with E-state index in [9.17, 15) is 0 Å². The van der Waals surface area contributed by atoms with Gasteiger partial charge in [0.05, 0.1) is 11.2 Å². The third-order valence-electron chi connectivity index (χ3n) is 1.61. The van der Waals surface area contributed by atoms with Crippen LogP contribution in [0.15, 0.2) is 24.4 Å². The molecule has 0 amide bonds. The minimum absolute atomic E-state index is 0.223. The van der Waals surface area contributed by atoms with Crippen LogP contribution in [0.3, 0.4) is 0 Å². The highest BCUT2D eigenvalue weighted by Crippen LogP contribution is 2.18. The van der Waals surface area contributed by atoms with Crippen molar-refractivity contribution < 1.29 is 0 Å². The van der Waals surface area contributed by atoms with E-state index in [1.54, 1.807) is 12.3 Å². The highest BCUT2D eigenvalue weighted by molar-refractivity contribution is 6.28. The summed E-state index contributed by atoms with van der Waals surface area (Å²) in [6, 6.07) is 5.53. The van der Waals surface area contributed by atoms with Gasteiger partial charge in [-0.25, -0.2) is 9.97 Å². The largest absolute Gasteiger partial charge is 0.397 e. The van der Waals surface area contributed by atoms with Crippen LogP contribution in [0, 0.1) is 0 Å². The van der Waals surface area contributed by atoms with Gasteiger partial charge in [-0.05, 0) is 17.7 Å². The third-order valence-corrected chi connectivity index (χ3v) is 1.79. The summed E-state index contributed by atoms with van der Waals surface area (Å²) >= 11 is 5.61. The molecule has 0 radical (unpaired) electrons. The average molecular weight is 180 g/mol. The van der Waals surface area contributed by atoms with Gasteiger partial charge >= 0.3 is 0 Å². The lowest BCUT2D eigenvalue weighted by Gasteiger charge is -1.99. The molecular weight excluding hydrogens is 174 g/mol. The average Bonchev–Trinajstić information content (AvgIpc) is 2.07. The molecule has 2 rings (SSSR count). The molecule has 0 unspecified atom stereocenters. The number of nitrogen functional groups attached to an aromatic ring is 1. The number of anilines is 1. The van der Waals surface area contributed by atoms with E-state index in [1.807, 2.05) is 12.1 Å². The summed E-state index contributed by atoms with van der Waals surface area (Å²) in [5, 5.41) is 1.12. The van der Waals surface area contributed by atoms with Crippen molar-refractivity contribution in [2.45, 2.75) is 0 Å². The first-order valence-corrected chi connectivity index (χ1v) is 3.82. The molecule has 0 saturated heterocycles. The van der Waals surface area contributed by atoms with Gasteiger partial charge in [-0.1, -0.05) is 12.1 Å². The minimum atomic E-state index is 0.223. The van der Waals surface area contributed by atoms with Crippen LogP contribution in [0.25, 0.3) is 10.9 Å². The zero-order valence-electron chi connectivity index (χ0n) is 6.16. The van der Waals surface area contributed by atoms with Gasteiger partial charge in [0.25, 0.3) is 0 Å². The van der Waals surface area contributed by atoms with Gasteiger partial charge in [0, 0.05) is 11.6 Å². The number of aromatic nitrogens is 2. The number of fused-ring (bicyclic) bond motifs is 1. The van der Waals surface area contributed by atoms with Crippen LogP contribution in [0.2, 0.25) is 5.28 Å². The summed E-state index contributed by atoms with van der Waals surface area (Å²) in [5.74, 6) is 0. The maximum atomic E-state index is 5.68. The van der Waals surface area contributed by atoms with Crippen molar-refractivity contribution in [3.8, 4) is 0 Å². The molecule has 3 nitrogen and oxygen atoms in total. The quantitative estimate of drug-likeness (QED) is 0.496. The molecule has 1 aromatic carbocycles. The molecular formula is C8H6ClN3. The molecule has 12 heavy (non-hydrogen) atoms. The van der Waals surface area contributed by atoms with Crippen LogP contribution in [0.1, 0.15) is 0 Å². The van der Waals surface area contributed by atoms with Crippen LogP contribution >= 0.6 is 11.6 Å². The maximum Gasteiger partial charge on any atom is 0.222 e. The van der Waals surface area contributed by atoms with Gasteiger partial charge in [-0.2, -0.15) is 0 Å². The standard InChI is InChI=1S/C8H6ClN3/c9-8-11-4-5-2-1-3-6(10)7(5)12-8/h1-4H,10H2. The van der Waals surface area contributed by atoms with E-state index in [2.05, 4.69) is 9.97 Å². The Bertz CT molecular complexity index is 428. The van der Waals surface area contributed by atoms with Crippen LogP contribution in [0.5, 0.6) is 0 Å². The first-order valence-electron chi connectivity index (χ1n) is 3.44. The van der Waals surface area contributed by atoms with Crippen molar-refractivity contribution in [3.05, 3.63) is 29.7 Å². The highest BCUT2D eigenvalue weighted by atomic mass is 35.5. The number of benzene rings is 1. The molecule has 0 atom stereocenters. The molecule has 0 spiro atoms. The number of nitrogens with zero attached hydrogens (tertiary/aromatic N) is 2. The summed E-state index contributed by atoms with van der Waals surface area (Å²) in [4.78, 5) is 7.85. The second-order valence-corrected chi connectivity index (χ2v) is 2.76. The van der Waals surface area contributed by atoms with E-state index < -0.39 is 0 Å². The van der Waals surface area contributed by atoms with E-state index in [-0.39, 0.29) is 5.28 Å². The minimum Gasteiger partial charge on any atom is -0.397 e. The fourth-order valence-electron chi connectivity index (χ4n) is 1.06. The van der Waals surface area contributed by atoms with Crippen LogP contribution in [-0.2, 0) is 0 Å². The van der Waals surface area contributed by atoms with E-state index in [0.717, 1.165) is 5.39 Å². The summed E-state index contributed by atoms with van der Waals surface area (Å²) in [5.41, 5.74) is 7.00. The highest BCUT2D eigenvalue weighted by Gasteiger charge is 1.99. The zero-order chi connectivity index (χ0) is 8.55. The Hall–Kier alpha value is -1.35. The molecule has 60 valence electrons. The fourth-order valence-corrected chi connectivity index (χ4v) is 1.19. The van der Waals surface area contributed by atoms with Crippen molar-refractivity contribution >= 4 is 28.2 Å². The molecule has 2 aromatic rings.